The van der Waals surface area contributed by atoms with E-state index in [2.05, 4.69) is 5.32 Å². The first-order valence-corrected chi connectivity index (χ1v) is 10.2. The first-order valence-electron chi connectivity index (χ1n) is 8.47. The maximum Gasteiger partial charge on any atom is 0.262 e. The van der Waals surface area contributed by atoms with Crippen molar-refractivity contribution in [3.8, 4) is 0 Å². The zero-order valence-electron chi connectivity index (χ0n) is 15.0. The van der Waals surface area contributed by atoms with Gasteiger partial charge in [0.05, 0.1) is 11.1 Å². The van der Waals surface area contributed by atoms with Gasteiger partial charge in [0.1, 0.15) is 6.04 Å². The maximum absolute atomic E-state index is 13.0. The van der Waals surface area contributed by atoms with Gasteiger partial charge >= 0.3 is 0 Å². The molecule has 0 unspecified atom stereocenters. The third-order valence-corrected chi connectivity index (χ3v) is 5.36. The van der Waals surface area contributed by atoms with Crippen molar-refractivity contribution in [3.05, 3.63) is 64.2 Å². The highest BCUT2D eigenvalue weighted by Gasteiger charge is 2.42. The van der Waals surface area contributed by atoms with Crippen molar-refractivity contribution >= 4 is 46.8 Å². The molecule has 0 aromatic heterocycles. The topological polar surface area (TPSA) is 66.5 Å². The third-order valence-electron chi connectivity index (χ3n) is 4.48. The molecule has 1 N–H and O–H groups in total. The lowest BCUT2D eigenvalue weighted by Gasteiger charge is -2.25. The molecule has 27 heavy (non-hydrogen) atoms. The normalized spacial score (nSPS) is 14.3. The minimum atomic E-state index is -0.875. The quantitative estimate of drug-likeness (QED) is 0.741. The van der Waals surface area contributed by atoms with E-state index in [0.717, 1.165) is 10.5 Å². The molecule has 0 saturated carbocycles. The summed E-state index contributed by atoms with van der Waals surface area (Å²) in [6, 6.07) is 10.9. The van der Waals surface area contributed by atoms with Gasteiger partial charge in [0.15, 0.2) is 0 Å². The van der Waals surface area contributed by atoms with Gasteiger partial charge < -0.3 is 5.32 Å². The van der Waals surface area contributed by atoms with Crippen LogP contribution in [0.1, 0.15) is 32.7 Å². The van der Waals surface area contributed by atoms with E-state index in [1.54, 1.807) is 54.2 Å². The number of hydrogen-bond acceptors (Lipinski definition) is 4. The number of carbonyl (C=O) groups excluding carboxylic acids is 3. The van der Waals surface area contributed by atoms with Crippen LogP contribution in [0.5, 0.6) is 0 Å². The molecule has 1 atom stereocenters. The van der Waals surface area contributed by atoms with Gasteiger partial charge in [0, 0.05) is 10.7 Å². The van der Waals surface area contributed by atoms with Crippen LogP contribution in [0.2, 0.25) is 5.02 Å². The fraction of sp³-hybridized carbons (Fsp3) is 0.250. The van der Waals surface area contributed by atoms with Crippen LogP contribution in [0.15, 0.2) is 42.5 Å². The molecular weight excluding hydrogens is 384 g/mol. The molecule has 0 aliphatic carbocycles. The Kier molecular flexibility index (Phi) is 5.87. The second-order valence-corrected chi connectivity index (χ2v) is 7.69. The lowest BCUT2D eigenvalue weighted by molar-refractivity contribution is -0.120. The van der Waals surface area contributed by atoms with Crippen LogP contribution in [-0.4, -0.2) is 40.7 Å². The van der Waals surface area contributed by atoms with Crippen LogP contribution < -0.4 is 5.32 Å². The van der Waals surface area contributed by atoms with E-state index < -0.39 is 17.9 Å². The van der Waals surface area contributed by atoms with Crippen molar-refractivity contribution in [2.45, 2.75) is 19.4 Å². The average Bonchev–Trinajstić information content (AvgIpc) is 2.90. The van der Waals surface area contributed by atoms with Gasteiger partial charge in [0.25, 0.3) is 11.8 Å². The molecule has 0 bridgehead atoms. The number of nitrogens with zero attached hydrogens (tertiary/aromatic N) is 1. The number of imide groups is 1. The lowest BCUT2D eigenvalue weighted by Crippen LogP contribution is -2.47. The average molecular weight is 403 g/mol. The van der Waals surface area contributed by atoms with E-state index >= 15 is 0 Å². The highest BCUT2D eigenvalue weighted by Crippen LogP contribution is 2.27. The van der Waals surface area contributed by atoms with Gasteiger partial charge in [0.2, 0.25) is 5.91 Å². The zero-order valence-corrected chi connectivity index (χ0v) is 16.6. The number of halogens is 1. The first kappa shape index (κ1) is 19.5. The molecule has 1 heterocycles. The number of carbonyl (C=O) groups is 3. The number of hydrogen-bond donors (Lipinski definition) is 1. The number of benzene rings is 2. The smallest absolute Gasteiger partial charge is 0.262 e. The van der Waals surface area contributed by atoms with E-state index in [-0.39, 0.29) is 5.91 Å². The fourth-order valence-electron chi connectivity index (χ4n) is 3.08. The van der Waals surface area contributed by atoms with Crippen LogP contribution in [0.4, 0.5) is 5.69 Å². The van der Waals surface area contributed by atoms with Crippen molar-refractivity contribution in [3.63, 3.8) is 0 Å². The summed E-state index contributed by atoms with van der Waals surface area (Å²) in [5.41, 5.74) is 2.09. The Balaban J connectivity index is 1.89. The molecule has 1 aliphatic heterocycles. The number of nitrogens with one attached hydrogen (secondary N) is 1. The molecule has 0 saturated heterocycles. The molecular formula is C20H19ClN2O3S. The first-order chi connectivity index (χ1) is 12.9. The number of anilines is 1. The molecule has 1 aliphatic rings. The van der Waals surface area contributed by atoms with Crippen LogP contribution in [-0.2, 0) is 4.79 Å². The number of thioether (sulfide) groups is 1. The predicted molar refractivity (Wildman–Crippen MR) is 109 cm³/mol. The Bertz CT molecular complexity index is 881. The molecule has 140 valence electrons. The van der Waals surface area contributed by atoms with Gasteiger partial charge in [-0.05, 0) is 61.2 Å². The Morgan fingerprint density at radius 2 is 1.78 bits per heavy atom. The van der Waals surface area contributed by atoms with Crippen molar-refractivity contribution < 1.29 is 14.4 Å². The molecule has 7 heteroatoms. The second kappa shape index (κ2) is 8.15. The molecule has 0 radical (unpaired) electrons. The summed E-state index contributed by atoms with van der Waals surface area (Å²) in [6.45, 7) is 1.83. The molecule has 2 aromatic carbocycles. The van der Waals surface area contributed by atoms with E-state index in [4.69, 9.17) is 11.6 Å². The van der Waals surface area contributed by atoms with Crippen molar-refractivity contribution in [2.75, 3.05) is 17.3 Å². The van der Waals surface area contributed by atoms with E-state index in [0.29, 0.717) is 34.0 Å². The third kappa shape index (κ3) is 3.87. The fourth-order valence-corrected chi connectivity index (χ4v) is 3.77. The Labute approximate surface area is 167 Å². The number of amides is 3. The largest absolute Gasteiger partial charge is 0.324 e. The monoisotopic (exact) mass is 402 g/mol. The Hall–Kier alpha value is -2.31. The summed E-state index contributed by atoms with van der Waals surface area (Å²) in [5, 5.41) is 3.41. The summed E-state index contributed by atoms with van der Waals surface area (Å²) >= 11 is 7.52. The van der Waals surface area contributed by atoms with Crippen LogP contribution >= 0.6 is 23.4 Å². The SMILES string of the molecule is CSCC[C@@H](C(=O)Nc1ccc(Cl)cc1C)N1C(=O)c2ccccc2C1=O. The van der Waals surface area contributed by atoms with Crippen molar-refractivity contribution in [1.82, 2.24) is 4.90 Å². The lowest BCUT2D eigenvalue weighted by atomic mass is 10.1. The standard InChI is InChI=1S/C20H19ClN2O3S/c1-12-11-13(21)7-8-16(12)22-18(24)17(9-10-27-2)23-19(25)14-5-3-4-6-15(14)20(23)26/h3-8,11,17H,9-10H2,1-2H3,(H,22,24)/t17-/m0/s1. The summed E-state index contributed by atoms with van der Waals surface area (Å²) in [5.74, 6) is -0.594. The molecule has 0 spiro atoms. The van der Waals surface area contributed by atoms with Gasteiger partial charge in [-0.1, -0.05) is 23.7 Å². The van der Waals surface area contributed by atoms with E-state index in [9.17, 15) is 14.4 Å². The van der Waals surface area contributed by atoms with E-state index in [1.807, 2.05) is 13.2 Å². The van der Waals surface area contributed by atoms with E-state index in [1.165, 1.54) is 0 Å². The van der Waals surface area contributed by atoms with Crippen LogP contribution in [0.25, 0.3) is 0 Å². The Morgan fingerprint density at radius 3 is 2.33 bits per heavy atom. The van der Waals surface area contributed by atoms with Gasteiger partial charge in [-0.3, -0.25) is 19.3 Å². The van der Waals surface area contributed by atoms with Crippen molar-refractivity contribution in [2.24, 2.45) is 0 Å². The molecule has 2 aromatic rings. The summed E-state index contributed by atoms with van der Waals surface area (Å²) in [6.07, 6.45) is 2.30. The summed E-state index contributed by atoms with van der Waals surface area (Å²) in [7, 11) is 0. The minimum absolute atomic E-state index is 0.340. The zero-order chi connectivity index (χ0) is 19.6. The molecule has 5 nitrogen and oxygen atoms in total. The summed E-state index contributed by atoms with van der Waals surface area (Å²) < 4.78 is 0. The number of fused-ring (bicyclic) bond motifs is 1. The highest BCUT2D eigenvalue weighted by atomic mass is 35.5. The minimum Gasteiger partial charge on any atom is -0.324 e. The number of aryl methyl sites for hydroxylation is 1. The molecule has 3 amide bonds. The number of rotatable bonds is 6. The van der Waals surface area contributed by atoms with Crippen molar-refractivity contribution in [1.29, 1.82) is 0 Å². The Morgan fingerprint density at radius 1 is 1.15 bits per heavy atom. The summed E-state index contributed by atoms with van der Waals surface area (Å²) in [4.78, 5) is 39.6. The highest BCUT2D eigenvalue weighted by molar-refractivity contribution is 7.98. The predicted octanol–water partition coefficient (Wildman–Crippen LogP) is 4.00. The van der Waals surface area contributed by atoms with Crippen LogP contribution in [0.3, 0.4) is 0 Å². The van der Waals surface area contributed by atoms with Crippen LogP contribution in [0, 0.1) is 6.92 Å². The molecule has 3 rings (SSSR count). The second-order valence-electron chi connectivity index (χ2n) is 6.27. The molecule has 0 fully saturated rings. The van der Waals surface area contributed by atoms with Gasteiger partial charge in [-0.15, -0.1) is 0 Å². The van der Waals surface area contributed by atoms with Gasteiger partial charge in [-0.25, -0.2) is 0 Å². The maximum atomic E-state index is 13.0. The van der Waals surface area contributed by atoms with Gasteiger partial charge in [-0.2, -0.15) is 11.8 Å².